The van der Waals surface area contributed by atoms with Crippen molar-refractivity contribution in [3.05, 3.63) is 77.5 Å². The Morgan fingerprint density at radius 2 is 1.86 bits per heavy atom. The first-order valence-electron chi connectivity index (χ1n) is 7.55. The minimum atomic E-state index is 0.390. The first-order valence-corrected chi connectivity index (χ1v) is 7.55. The lowest BCUT2D eigenvalue weighted by atomic mass is 9.88. The van der Waals surface area contributed by atoms with E-state index in [2.05, 4.69) is 58.8 Å². The van der Waals surface area contributed by atoms with Crippen LogP contribution in [0.4, 0.5) is 0 Å². The Balaban J connectivity index is 1.84. The Hall–Kier alpha value is -2.19. The van der Waals surface area contributed by atoms with Crippen molar-refractivity contribution in [2.24, 2.45) is 0 Å². The van der Waals surface area contributed by atoms with E-state index in [1.165, 1.54) is 22.1 Å². The van der Waals surface area contributed by atoms with E-state index in [-0.39, 0.29) is 0 Å². The second kappa shape index (κ2) is 5.30. The van der Waals surface area contributed by atoms with Gasteiger partial charge in [-0.1, -0.05) is 42.5 Å². The molecule has 0 fully saturated rings. The van der Waals surface area contributed by atoms with Gasteiger partial charge in [-0.25, -0.2) is 0 Å². The molecule has 1 aromatic heterocycles. The van der Waals surface area contributed by atoms with Crippen LogP contribution in [0.5, 0.6) is 0 Å². The molecule has 2 heterocycles. The molecular weight excluding hydrogens is 256 g/mol. The minimum Gasteiger partial charge on any atom is -0.315 e. The SMILES string of the molecule is c1ccc2c(c1)CCNCC2c1cnc2ccccc2c1. The van der Waals surface area contributed by atoms with Crippen LogP contribution in [0.2, 0.25) is 0 Å². The third-order valence-corrected chi connectivity index (χ3v) is 4.36. The summed E-state index contributed by atoms with van der Waals surface area (Å²) in [5.41, 5.74) is 5.27. The first-order chi connectivity index (χ1) is 10.4. The minimum absolute atomic E-state index is 0.390. The Morgan fingerprint density at radius 1 is 1.00 bits per heavy atom. The largest absolute Gasteiger partial charge is 0.315 e. The summed E-state index contributed by atoms with van der Waals surface area (Å²) in [6.45, 7) is 2.03. The Labute approximate surface area is 124 Å². The van der Waals surface area contributed by atoms with Crippen molar-refractivity contribution in [3.8, 4) is 0 Å². The number of pyridine rings is 1. The summed E-state index contributed by atoms with van der Waals surface area (Å²) in [6, 6.07) is 19.4. The maximum Gasteiger partial charge on any atom is 0.0702 e. The lowest BCUT2D eigenvalue weighted by molar-refractivity contribution is 0.664. The molecule has 104 valence electrons. The van der Waals surface area contributed by atoms with Gasteiger partial charge in [-0.2, -0.15) is 0 Å². The number of benzene rings is 2. The third-order valence-electron chi connectivity index (χ3n) is 4.36. The number of para-hydroxylation sites is 1. The Morgan fingerprint density at radius 3 is 2.86 bits per heavy atom. The predicted molar refractivity (Wildman–Crippen MR) is 86.6 cm³/mol. The molecule has 1 atom stereocenters. The molecule has 1 unspecified atom stereocenters. The Bertz CT molecular complexity index is 779. The molecule has 0 bridgehead atoms. The summed E-state index contributed by atoms with van der Waals surface area (Å²) < 4.78 is 0. The van der Waals surface area contributed by atoms with Crippen LogP contribution in [-0.2, 0) is 6.42 Å². The highest BCUT2D eigenvalue weighted by Crippen LogP contribution is 2.30. The number of hydrogen-bond acceptors (Lipinski definition) is 2. The van der Waals surface area contributed by atoms with E-state index in [1.54, 1.807) is 0 Å². The summed E-state index contributed by atoms with van der Waals surface area (Å²) in [4.78, 5) is 4.63. The van der Waals surface area contributed by atoms with Crippen LogP contribution in [0.25, 0.3) is 10.9 Å². The number of nitrogens with one attached hydrogen (secondary N) is 1. The van der Waals surface area contributed by atoms with Crippen molar-refractivity contribution in [3.63, 3.8) is 0 Å². The van der Waals surface area contributed by atoms with Crippen molar-refractivity contribution in [2.45, 2.75) is 12.3 Å². The zero-order valence-electron chi connectivity index (χ0n) is 11.9. The predicted octanol–water partition coefficient (Wildman–Crippen LogP) is 3.51. The fraction of sp³-hybridized carbons (Fsp3) is 0.211. The van der Waals surface area contributed by atoms with E-state index in [0.29, 0.717) is 5.92 Å². The molecule has 0 aliphatic carbocycles. The molecule has 0 amide bonds. The van der Waals surface area contributed by atoms with Crippen LogP contribution in [-0.4, -0.2) is 18.1 Å². The van der Waals surface area contributed by atoms with Crippen LogP contribution < -0.4 is 5.32 Å². The first kappa shape index (κ1) is 12.5. The second-order valence-corrected chi connectivity index (χ2v) is 5.67. The Kier molecular flexibility index (Phi) is 3.17. The maximum atomic E-state index is 4.63. The topological polar surface area (TPSA) is 24.9 Å². The van der Waals surface area contributed by atoms with Crippen molar-refractivity contribution in [2.75, 3.05) is 13.1 Å². The van der Waals surface area contributed by atoms with Gasteiger partial charge in [0.2, 0.25) is 0 Å². The maximum absolute atomic E-state index is 4.63. The van der Waals surface area contributed by atoms with Gasteiger partial charge in [-0.15, -0.1) is 0 Å². The number of rotatable bonds is 1. The third kappa shape index (κ3) is 2.32. The summed E-state index contributed by atoms with van der Waals surface area (Å²) in [7, 11) is 0. The molecular formula is C19H18N2. The molecule has 1 aliphatic rings. The van der Waals surface area contributed by atoms with Crippen molar-refractivity contribution in [1.82, 2.24) is 10.3 Å². The zero-order chi connectivity index (χ0) is 14.1. The van der Waals surface area contributed by atoms with Crippen LogP contribution in [0, 0.1) is 0 Å². The quantitative estimate of drug-likeness (QED) is 0.734. The molecule has 1 aliphatic heterocycles. The molecule has 2 aromatic carbocycles. The molecule has 21 heavy (non-hydrogen) atoms. The standard InChI is InChI=1S/C19H18N2/c1-3-7-17-14(5-1)9-10-20-13-18(17)16-11-15-6-2-4-8-19(15)21-12-16/h1-8,11-12,18,20H,9-10,13H2. The van der Waals surface area contributed by atoms with Gasteiger partial charge < -0.3 is 5.32 Å². The van der Waals surface area contributed by atoms with E-state index in [4.69, 9.17) is 0 Å². The summed E-state index contributed by atoms with van der Waals surface area (Å²) in [5, 5.41) is 4.78. The zero-order valence-corrected chi connectivity index (χ0v) is 11.9. The molecule has 3 aromatic rings. The van der Waals surface area contributed by atoms with E-state index < -0.39 is 0 Å². The van der Waals surface area contributed by atoms with Gasteiger partial charge in [0, 0.05) is 24.0 Å². The highest BCUT2D eigenvalue weighted by Gasteiger charge is 2.20. The van der Waals surface area contributed by atoms with Gasteiger partial charge >= 0.3 is 0 Å². The molecule has 2 nitrogen and oxygen atoms in total. The molecule has 1 N–H and O–H groups in total. The highest BCUT2D eigenvalue weighted by atomic mass is 14.9. The van der Waals surface area contributed by atoms with Gasteiger partial charge in [0.1, 0.15) is 0 Å². The number of hydrogen-bond donors (Lipinski definition) is 1. The lowest BCUT2D eigenvalue weighted by Gasteiger charge is -2.18. The van der Waals surface area contributed by atoms with Gasteiger partial charge in [0.15, 0.2) is 0 Å². The average Bonchev–Trinajstić information content (AvgIpc) is 2.77. The summed E-state index contributed by atoms with van der Waals surface area (Å²) >= 11 is 0. The normalized spacial score (nSPS) is 18.2. The highest BCUT2D eigenvalue weighted by molar-refractivity contribution is 5.79. The van der Waals surface area contributed by atoms with E-state index in [9.17, 15) is 0 Å². The van der Waals surface area contributed by atoms with Gasteiger partial charge in [-0.3, -0.25) is 4.98 Å². The number of fused-ring (bicyclic) bond motifs is 2. The molecule has 0 saturated carbocycles. The molecule has 2 heteroatoms. The van der Waals surface area contributed by atoms with Gasteiger partial charge in [0.25, 0.3) is 0 Å². The van der Waals surface area contributed by atoms with Gasteiger partial charge in [0.05, 0.1) is 5.52 Å². The van der Waals surface area contributed by atoms with E-state index >= 15 is 0 Å². The van der Waals surface area contributed by atoms with E-state index in [1.807, 2.05) is 12.3 Å². The van der Waals surface area contributed by atoms with Crippen molar-refractivity contribution < 1.29 is 0 Å². The van der Waals surface area contributed by atoms with Crippen LogP contribution in [0.15, 0.2) is 60.8 Å². The second-order valence-electron chi connectivity index (χ2n) is 5.67. The molecule has 0 saturated heterocycles. The fourth-order valence-corrected chi connectivity index (χ4v) is 3.26. The van der Waals surface area contributed by atoms with Crippen molar-refractivity contribution >= 4 is 10.9 Å². The van der Waals surface area contributed by atoms with Crippen LogP contribution in [0.1, 0.15) is 22.6 Å². The summed E-state index contributed by atoms with van der Waals surface area (Å²) in [5.74, 6) is 0.390. The smallest absolute Gasteiger partial charge is 0.0702 e. The van der Waals surface area contributed by atoms with Gasteiger partial charge in [-0.05, 0) is 41.8 Å². The molecule has 4 rings (SSSR count). The molecule has 0 radical (unpaired) electrons. The van der Waals surface area contributed by atoms with Crippen LogP contribution in [0.3, 0.4) is 0 Å². The van der Waals surface area contributed by atoms with Crippen molar-refractivity contribution in [1.29, 1.82) is 0 Å². The van der Waals surface area contributed by atoms with E-state index in [0.717, 1.165) is 25.0 Å². The average molecular weight is 274 g/mol. The lowest BCUT2D eigenvalue weighted by Crippen LogP contribution is -2.21. The monoisotopic (exact) mass is 274 g/mol. The van der Waals surface area contributed by atoms with Crippen LogP contribution >= 0.6 is 0 Å². The fourth-order valence-electron chi connectivity index (χ4n) is 3.26. The summed E-state index contributed by atoms with van der Waals surface area (Å²) in [6.07, 6.45) is 3.14. The molecule has 0 spiro atoms. The number of nitrogens with zero attached hydrogens (tertiary/aromatic N) is 1. The number of aromatic nitrogens is 1.